The molecule has 1 fully saturated rings. The van der Waals surface area contributed by atoms with Gasteiger partial charge in [0.05, 0.1) is 19.6 Å². The molecule has 24 heavy (non-hydrogen) atoms. The van der Waals surface area contributed by atoms with E-state index in [1.165, 1.54) is 37.0 Å². The normalized spacial score (nSPS) is 18.4. The van der Waals surface area contributed by atoms with Gasteiger partial charge in [-0.2, -0.15) is 13.2 Å². The topological polar surface area (TPSA) is 43.4 Å². The minimum Gasteiger partial charge on any atom is -0.436 e. The van der Waals surface area contributed by atoms with Gasteiger partial charge in [-0.1, -0.05) is 13.8 Å². The van der Waals surface area contributed by atoms with Crippen LogP contribution in [0.5, 0.6) is 0 Å². The van der Waals surface area contributed by atoms with Crippen LogP contribution in [0.15, 0.2) is 0 Å². The van der Waals surface area contributed by atoms with Crippen molar-refractivity contribution in [1.82, 2.24) is 0 Å². The summed E-state index contributed by atoms with van der Waals surface area (Å²) in [7, 11) is -6.95. The van der Waals surface area contributed by atoms with Crippen molar-refractivity contribution in [2.75, 3.05) is 33.0 Å². The first-order valence-electron chi connectivity index (χ1n) is 7.61. The highest BCUT2D eigenvalue weighted by molar-refractivity contribution is 8.20. The Balaban J connectivity index is 0.000000449. The van der Waals surface area contributed by atoms with Gasteiger partial charge in [-0.25, -0.2) is 0 Å². The highest BCUT2D eigenvalue weighted by Crippen LogP contribution is 2.33. The zero-order valence-electron chi connectivity index (χ0n) is 14.0. The summed E-state index contributed by atoms with van der Waals surface area (Å²) in [6.07, 6.45) is -4.13. The fourth-order valence-corrected chi connectivity index (χ4v) is 2.88. The molecular formula is C12H24BF6NO3S. The molecule has 0 atom stereocenters. The van der Waals surface area contributed by atoms with Gasteiger partial charge in [0.25, 0.3) is 0 Å². The molecule has 1 aliphatic rings. The van der Waals surface area contributed by atoms with E-state index in [4.69, 9.17) is 4.74 Å². The fourth-order valence-electron chi connectivity index (χ4n) is 2.58. The molecule has 0 spiro atoms. The van der Waals surface area contributed by atoms with Gasteiger partial charge in [-0.05, 0) is 6.92 Å². The molecule has 0 aromatic rings. The van der Waals surface area contributed by atoms with Gasteiger partial charge in [-0.15, -0.1) is 0 Å². The van der Waals surface area contributed by atoms with Crippen molar-refractivity contribution in [2.24, 2.45) is 5.92 Å². The molecule has 0 N–H and O–H groups in total. The summed E-state index contributed by atoms with van der Waals surface area (Å²) in [5.41, 5.74) is -6.24. The zero-order valence-corrected chi connectivity index (χ0v) is 14.8. The van der Waals surface area contributed by atoms with Crippen LogP contribution in [-0.4, -0.2) is 57.6 Å². The molecule has 0 radical (unpaired) electrons. The molecular weight excluding hydrogens is 363 g/mol. The van der Waals surface area contributed by atoms with Crippen LogP contribution >= 0.6 is 0 Å². The molecule has 0 saturated carbocycles. The van der Waals surface area contributed by atoms with Crippen molar-refractivity contribution in [3.63, 3.8) is 0 Å². The SMILES string of the molecule is CCOC[N+]1(CC(C)C)CCCC1.O=S(=O)([B-](F)(F)F)C(F)(F)F. The molecule has 1 heterocycles. The molecule has 146 valence electrons. The van der Waals surface area contributed by atoms with Gasteiger partial charge in [0.15, 0.2) is 6.73 Å². The first-order chi connectivity index (χ1) is 10.7. The minimum absolute atomic E-state index is 0.790. The average Bonchev–Trinajstić information content (AvgIpc) is 2.82. The van der Waals surface area contributed by atoms with Crippen molar-refractivity contribution in [2.45, 2.75) is 39.1 Å². The Morgan fingerprint density at radius 1 is 1.12 bits per heavy atom. The molecule has 1 rings (SSSR count). The number of hydrogen-bond donors (Lipinski definition) is 0. The monoisotopic (exact) mass is 387 g/mol. The second-order valence-corrected chi connectivity index (χ2v) is 8.29. The molecule has 0 aromatic heterocycles. The van der Waals surface area contributed by atoms with Crippen LogP contribution in [0.4, 0.5) is 26.1 Å². The van der Waals surface area contributed by atoms with E-state index in [1.807, 2.05) is 0 Å². The summed E-state index contributed by atoms with van der Waals surface area (Å²) in [6.45, 7) is 12.5. The van der Waals surface area contributed by atoms with E-state index >= 15 is 0 Å². The van der Waals surface area contributed by atoms with Gasteiger partial charge in [-0.3, -0.25) is 8.42 Å². The summed E-state index contributed by atoms with van der Waals surface area (Å²) >= 11 is 0. The lowest BCUT2D eigenvalue weighted by Gasteiger charge is -2.35. The number of rotatable bonds is 6. The van der Waals surface area contributed by atoms with Gasteiger partial charge in [0.1, 0.15) is 0 Å². The summed E-state index contributed by atoms with van der Waals surface area (Å²) in [5, 5.41) is 0. The van der Waals surface area contributed by atoms with E-state index in [2.05, 4.69) is 20.8 Å². The van der Waals surface area contributed by atoms with Crippen molar-refractivity contribution < 1.29 is 43.8 Å². The van der Waals surface area contributed by atoms with Crippen LogP contribution in [0.1, 0.15) is 33.6 Å². The lowest BCUT2D eigenvalue weighted by Crippen LogP contribution is -2.49. The quantitative estimate of drug-likeness (QED) is 0.398. The van der Waals surface area contributed by atoms with Gasteiger partial charge in [0.2, 0.25) is 9.69 Å². The Labute approximate surface area is 138 Å². The van der Waals surface area contributed by atoms with Crippen LogP contribution in [0.2, 0.25) is 0 Å². The Morgan fingerprint density at radius 3 is 1.83 bits per heavy atom. The number of halogens is 6. The number of hydrogen-bond acceptors (Lipinski definition) is 3. The summed E-state index contributed by atoms with van der Waals surface area (Å²) in [6, 6.07) is 0. The van der Waals surface area contributed by atoms with Crippen molar-refractivity contribution in [3.8, 4) is 0 Å². The minimum atomic E-state index is -6.95. The van der Waals surface area contributed by atoms with E-state index in [-0.39, 0.29) is 0 Å². The van der Waals surface area contributed by atoms with E-state index in [9.17, 15) is 34.5 Å². The third kappa shape index (κ3) is 6.79. The second kappa shape index (κ2) is 8.75. The third-order valence-electron chi connectivity index (χ3n) is 3.51. The largest absolute Gasteiger partial charge is 0.616 e. The molecule has 0 aliphatic carbocycles. The van der Waals surface area contributed by atoms with Crippen LogP contribution in [0, 0.1) is 5.92 Å². The Morgan fingerprint density at radius 2 is 1.58 bits per heavy atom. The molecule has 0 bridgehead atoms. The predicted octanol–water partition coefficient (Wildman–Crippen LogP) is 3.51. The summed E-state index contributed by atoms with van der Waals surface area (Å²) in [4.78, 5) is 0. The summed E-state index contributed by atoms with van der Waals surface area (Å²) in [5.74, 6) is 0.790. The second-order valence-electron chi connectivity index (χ2n) is 6.20. The number of quaternary nitrogens is 1. The number of alkyl halides is 3. The average molecular weight is 387 g/mol. The summed E-state index contributed by atoms with van der Waals surface area (Å²) < 4.78 is 92.1. The predicted molar refractivity (Wildman–Crippen MR) is 79.5 cm³/mol. The fraction of sp³-hybridized carbons (Fsp3) is 1.00. The number of nitrogens with zero attached hydrogens (tertiary/aromatic N) is 1. The lowest BCUT2D eigenvalue weighted by atomic mass is 10.2. The zero-order chi connectivity index (χ0) is 19.2. The highest BCUT2D eigenvalue weighted by atomic mass is 32.2. The number of likely N-dealkylation sites (tertiary alicyclic amines) is 1. The third-order valence-corrected chi connectivity index (χ3v) is 4.86. The standard InChI is InChI=1S/C11H24NO.CBF6O2S/c1-4-13-10-12(9-11(2)3)7-5-6-8-12;3-1(4,5)11(9,10)2(6,7)8/h11H,4-10H2,1-3H3;/q+1;-1. The lowest BCUT2D eigenvalue weighted by molar-refractivity contribution is -0.937. The Kier molecular flexibility index (Phi) is 8.57. The maximum absolute atomic E-state index is 11.1. The Bertz CT molecular complexity index is 452. The molecule has 1 aliphatic heterocycles. The van der Waals surface area contributed by atoms with Gasteiger partial charge >= 0.3 is 11.8 Å². The first kappa shape index (κ1) is 23.5. The van der Waals surface area contributed by atoms with Gasteiger partial charge in [0, 0.05) is 25.4 Å². The van der Waals surface area contributed by atoms with E-state index in [0.717, 1.165) is 19.3 Å². The van der Waals surface area contributed by atoms with Crippen molar-refractivity contribution >= 4 is 15.9 Å². The van der Waals surface area contributed by atoms with E-state index < -0.39 is 21.5 Å². The van der Waals surface area contributed by atoms with Crippen molar-refractivity contribution in [1.29, 1.82) is 0 Å². The molecule has 4 nitrogen and oxygen atoms in total. The first-order valence-corrected chi connectivity index (χ1v) is 9.15. The Hall–Kier alpha value is -0.485. The molecule has 12 heteroatoms. The highest BCUT2D eigenvalue weighted by Gasteiger charge is 2.58. The molecule has 0 unspecified atom stereocenters. The van der Waals surface area contributed by atoms with Crippen LogP contribution in [-0.2, 0) is 14.4 Å². The van der Waals surface area contributed by atoms with Crippen LogP contribution in [0.25, 0.3) is 0 Å². The molecule has 0 amide bonds. The molecule has 0 aromatic carbocycles. The smallest absolute Gasteiger partial charge is 0.436 e. The number of ether oxygens (including phenoxy) is 1. The molecule has 1 saturated heterocycles. The van der Waals surface area contributed by atoms with E-state index in [1.54, 1.807) is 0 Å². The maximum Gasteiger partial charge on any atom is 0.616 e. The van der Waals surface area contributed by atoms with E-state index in [0.29, 0.717) is 0 Å². The maximum atomic E-state index is 11.1. The van der Waals surface area contributed by atoms with Crippen LogP contribution in [0.3, 0.4) is 0 Å². The van der Waals surface area contributed by atoms with Crippen LogP contribution < -0.4 is 0 Å². The van der Waals surface area contributed by atoms with Gasteiger partial charge < -0.3 is 22.2 Å². The van der Waals surface area contributed by atoms with Crippen molar-refractivity contribution in [3.05, 3.63) is 0 Å².